The van der Waals surface area contributed by atoms with Crippen LogP contribution >= 0.6 is 0 Å². The highest BCUT2D eigenvalue weighted by Gasteiger charge is 2.17. The van der Waals surface area contributed by atoms with E-state index in [0.29, 0.717) is 25.2 Å². The number of hydrogen-bond acceptors (Lipinski definition) is 4. The molecule has 0 aliphatic rings. The highest BCUT2D eigenvalue weighted by atomic mass is 16.2. The van der Waals surface area contributed by atoms with Gasteiger partial charge in [-0.25, -0.2) is 4.98 Å². The van der Waals surface area contributed by atoms with Gasteiger partial charge in [-0.15, -0.1) is 0 Å². The quantitative estimate of drug-likeness (QED) is 0.818. The Balaban J connectivity index is 2.84. The number of amides is 1. The first kappa shape index (κ1) is 12.0. The van der Waals surface area contributed by atoms with Crippen LogP contribution in [0.15, 0.2) is 18.3 Å². The van der Waals surface area contributed by atoms with Gasteiger partial charge in [0.25, 0.3) is 5.91 Å². The molecule has 0 aromatic carbocycles. The molecule has 0 aliphatic heterocycles. The average molecular weight is 218 g/mol. The molecular weight excluding hydrogens is 204 g/mol. The number of nitrogens with zero attached hydrogens (tertiary/aromatic N) is 3. The van der Waals surface area contributed by atoms with Crippen LogP contribution in [0.1, 0.15) is 23.8 Å². The van der Waals surface area contributed by atoms with E-state index in [0.717, 1.165) is 0 Å². The van der Waals surface area contributed by atoms with Crippen molar-refractivity contribution >= 4 is 11.6 Å². The fraction of sp³-hybridized carbons (Fsp3) is 0.364. The average Bonchev–Trinajstić information content (AvgIpc) is 2.30. The summed E-state index contributed by atoms with van der Waals surface area (Å²) in [6, 6.07) is 5.32. The van der Waals surface area contributed by atoms with Crippen molar-refractivity contribution in [2.24, 2.45) is 0 Å². The summed E-state index contributed by atoms with van der Waals surface area (Å²) in [7, 11) is 0. The maximum Gasteiger partial charge on any atom is 0.274 e. The first-order chi connectivity index (χ1) is 7.70. The van der Waals surface area contributed by atoms with Crippen molar-refractivity contribution in [2.75, 3.05) is 18.8 Å². The zero-order valence-corrected chi connectivity index (χ0v) is 9.18. The Bertz CT molecular complexity index is 411. The molecule has 0 unspecified atom stereocenters. The maximum atomic E-state index is 12.0. The lowest BCUT2D eigenvalue weighted by molar-refractivity contribution is 0.0763. The Hall–Kier alpha value is -2.09. The second-order valence-electron chi connectivity index (χ2n) is 3.23. The van der Waals surface area contributed by atoms with E-state index in [-0.39, 0.29) is 11.6 Å². The summed E-state index contributed by atoms with van der Waals surface area (Å²) in [5, 5.41) is 8.49. The van der Waals surface area contributed by atoms with Gasteiger partial charge in [0, 0.05) is 19.3 Å². The molecule has 0 spiro atoms. The zero-order chi connectivity index (χ0) is 12.0. The van der Waals surface area contributed by atoms with Gasteiger partial charge in [0.05, 0.1) is 18.2 Å². The zero-order valence-electron chi connectivity index (χ0n) is 9.18. The molecule has 1 aromatic heterocycles. The minimum absolute atomic E-state index is 0.226. The molecule has 0 atom stereocenters. The fourth-order valence-electron chi connectivity index (χ4n) is 1.33. The smallest absolute Gasteiger partial charge is 0.274 e. The molecule has 2 N–H and O–H groups in total. The minimum atomic E-state index is -0.226. The predicted molar refractivity (Wildman–Crippen MR) is 60.5 cm³/mol. The number of pyridine rings is 1. The van der Waals surface area contributed by atoms with Gasteiger partial charge in [-0.05, 0) is 19.1 Å². The van der Waals surface area contributed by atoms with Gasteiger partial charge >= 0.3 is 0 Å². The van der Waals surface area contributed by atoms with E-state index in [1.165, 1.54) is 6.20 Å². The summed E-state index contributed by atoms with van der Waals surface area (Å²) in [4.78, 5) is 17.5. The van der Waals surface area contributed by atoms with E-state index >= 15 is 0 Å². The molecule has 0 fully saturated rings. The lowest BCUT2D eigenvalue weighted by Crippen LogP contribution is -2.32. The molecule has 0 bridgehead atoms. The third kappa shape index (κ3) is 2.70. The first-order valence-electron chi connectivity index (χ1n) is 5.07. The third-order valence-electron chi connectivity index (χ3n) is 2.20. The van der Waals surface area contributed by atoms with Crippen LogP contribution in [0.5, 0.6) is 0 Å². The van der Waals surface area contributed by atoms with Crippen LogP contribution in [-0.4, -0.2) is 28.9 Å². The van der Waals surface area contributed by atoms with Gasteiger partial charge in [-0.1, -0.05) is 0 Å². The Labute approximate surface area is 94.5 Å². The molecule has 1 rings (SSSR count). The molecule has 5 nitrogen and oxygen atoms in total. The van der Waals surface area contributed by atoms with Gasteiger partial charge in [0.1, 0.15) is 0 Å². The number of aromatic nitrogens is 1. The Kier molecular flexibility index (Phi) is 4.28. The van der Waals surface area contributed by atoms with E-state index in [9.17, 15) is 4.79 Å². The summed E-state index contributed by atoms with van der Waals surface area (Å²) in [5.41, 5.74) is 6.28. The summed E-state index contributed by atoms with van der Waals surface area (Å²) in [5.74, 6) is -0.226. The van der Waals surface area contributed by atoms with Gasteiger partial charge in [-0.3, -0.25) is 4.79 Å². The Morgan fingerprint density at radius 1 is 1.69 bits per heavy atom. The molecule has 5 heteroatoms. The number of anilines is 1. The van der Waals surface area contributed by atoms with Gasteiger partial charge < -0.3 is 10.6 Å². The standard InChI is InChI=1S/C11H14N4O/c1-2-15(8-4-6-12)11(16)10-9(13)5-3-7-14-10/h3,5,7H,2,4,8,13H2,1H3. The SMILES string of the molecule is CCN(CCC#N)C(=O)c1ncccc1N. The fourth-order valence-corrected chi connectivity index (χ4v) is 1.33. The number of nitrogen functional groups attached to an aromatic ring is 1. The predicted octanol–water partition coefficient (Wildman–Crippen LogP) is 1.04. The van der Waals surface area contributed by atoms with E-state index in [4.69, 9.17) is 11.0 Å². The number of nitriles is 1. The summed E-state index contributed by atoms with van der Waals surface area (Å²) in [6.45, 7) is 2.80. The Morgan fingerprint density at radius 2 is 2.44 bits per heavy atom. The maximum absolute atomic E-state index is 12.0. The summed E-state index contributed by atoms with van der Waals surface area (Å²) < 4.78 is 0. The van der Waals surface area contributed by atoms with E-state index in [1.807, 2.05) is 13.0 Å². The second kappa shape index (κ2) is 5.71. The number of rotatable bonds is 4. The van der Waals surface area contributed by atoms with E-state index < -0.39 is 0 Å². The monoisotopic (exact) mass is 218 g/mol. The third-order valence-corrected chi connectivity index (χ3v) is 2.20. The van der Waals surface area contributed by atoms with Crippen molar-refractivity contribution < 1.29 is 4.79 Å². The van der Waals surface area contributed by atoms with Gasteiger partial charge in [-0.2, -0.15) is 5.26 Å². The van der Waals surface area contributed by atoms with Crippen molar-refractivity contribution in [2.45, 2.75) is 13.3 Å². The first-order valence-corrected chi connectivity index (χ1v) is 5.07. The van der Waals surface area contributed by atoms with Crippen molar-refractivity contribution in [3.05, 3.63) is 24.0 Å². The molecule has 1 amide bonds. The normalized spacial score (nSPS) is 9.50. The number of carbonyl (C=O) groups excluding carboxylic acids is 1. The molecular formula is C11H14N4O. The number of hydrogen-bond donors (Lipinski definition) is 1. The lowest BCUT2D eigenvalue weighted by atomic mass is 10.2. The summed E-state index contributed by atoms with van der Waals surface area (Å²) >= 11 is 0. The van der Waals surface area contributed by atoms with Crippen LogP contribution in [0.4, 0.5) is 5.69 Å². The molecule has 0 saturated heterocycles. The van der Waals surface area contributed by atoms with Crippen LogP contribution < -0.4 is 5.73 Å². The van der Waals surface area contributed by atoms with E-state index in [2.05, 4.69) is 4.98 Å². The molecule has 0 aliphatic carbocycles. The molecule has 16 heavy (non-hydrogen) atoms. The van der Waals surface area contributed by atoms with Crippen LogP contribution in [0.2, 0.25) is 0 Å². The van der Waals surface area contributed by atoms with Crippen molar-refractivity contribution in [3.8, 4) is 6.07 Å². The minimum Gasteiger partial charge on any atom is -0.397 e. The highest BCUT2D eigenvalue weighted by molar-refractivity contribution is 5.97. The largest absolute Gasteiger partial charge is 0.397 e. The highest BCUT2D eigenvalue weighted by Crippen LogP contribution is 2.10. The van der Waals surface area contributed by atoms with Crippen LogP contribution in [-0.2, 0) is 0 Å². The van der Waals surface area contributed by atoms with Crippen LogP contribution in [0, 0.1) is 11.3 Å². The molecule has 1 aromatic rings. The van der Waals surface area contributed by atoms with E-state index in [1.54, 1.807) is 17.0 Å². The second-order valence-corrected chi connectivity index (χ2v) is 3.23. The number of nitrogens with two attached hydrogens (primary N) is 1. The lowest BCUT2D eigenvalue weighted by Gasteiger charge is -2.19. The number of carbonyl (C=O) groups is 1. The molecule has 1 heterocycles. The van der Waals surface area contributed by atoms with Crippen LogP contribution in [0.25, 0.3) is 0 Å². The van der Waals surface area contributed by atoms with Crippen molar-refractivity contribution in [1.82, 2.24) is 9.88 Å². The summed E-state index contributed by atoms with van der Waals surface area (Å²) in [6.07, 6.45) is 1.84. The molecule has 84 valence electrons. The van der Waals surface area contributed by atoms with Crippen LogP contribution in [0.3, 0.4) is 0 Å². The molecule has 0 saturated carbocycles. The molecule has 0 radical (unpaired) electrons. The van der Waals surface area contributed by atoms with Gasteiger partial charge in [0.2, 0.25) is 0 Å². The van der Waals surface area contributed by atoms with Gasteiger partial charge in [0.15, 0.2) is 5.69 Å². The van der Waals surface area contributed by atoms with Crippen molar-refractivity contribution in [3.63, 3.8) is 0 Å². The topological polar surface area (TPSA) is 83.0 Å². The Morgan fingerprint density at radius 3 is 3.00 bits per heavy atom. The van der Waals surface area contributed by atoms with Crippen molar-refractivity contribution in [1.29, 1.82) is 5.26 Å².